The molecule has 18 heavy (non-hydrogen) atoms. The van der Waals surface area contributed by atoms with Gasteiger partial charge in [0.05, 0.1) is 16.7 Å². The van der Waals surface area contributed by atoms with E-state index in [1.54, 1.807) is 6.07 Å². The smallest absolute Gasteiger partial charge is 0.271 e. The third-order valence-electron chi connectivity index (χ3n) is 3.22. The Morgan fingerprint density at radius 2 is 2.00 bits per heavy atom. The lowest BCUT2D eigenvalue weighted by atomic mass is 9.93. The fourth-order valence-electron chi connectivity index (χ4n) is 2.18. The monoisotopic (exact) mass is 314 g/mol. The van der Waals surface area contributed by atoms with E-state index in [-0.39, 0.29) is 17.8 Å². The molecule has 0 amide bonds. The lowest BCUT2D eigenvalue weighted by Crippen LogP contribution is -2.28. The molecule has 0 atom stereocenters. The molecule has 1 saturated carbocycles. The molecular formula is C12H15BrN2O3. The molecule has 2 N–H and O–H groups in total. The molecule has 0 heterocycles. The normalized spacial score (nSPS) is 23.7. The van der Waals surface area contributed by atoms with Crippen LogP contribution in [-0.4, -0.2) is 22.2 Å². The van der Waals surface area contributed by atoms with Gasteiger partial charge in [0.25, 0.3) is 5.69 Å². The Hall–Kier alpha value is -1.14. The third kappa shape index (κ3) is 3.20. The molecule has 2 rings (SSSR count). The van der Waals surface area contributed by atoms with Crippen LogP contribution in [-0.2, 0) is 0 Å². The quantitative estimate of drug-likeness (QED) is 0.664. The van der Waals surface area contributed by atoms with Gasteiger partial charge in [0, 0.05) is 22.6 Å². The molecule has 1 aromatic carbocycles. The number of non-ortho nitro benzene ring substituents is 1. The van der Waals surface area contributed by atoms with Gasteiger partial charge in [-0.05, 0) is 47.7 Å². The number of benzene rings is 1. The van der Waals surface area contributed by atoms with Crippen molar-refractivity contribution in [2.75, 3.05) is 5.32 Å². The minimum Gasteiger partial charge on any atom is -0.393 e. The maximum atomic E-state index is 10.7. The summed E-state index contributed by atoms with van der Waals surface area (Å²) in [7, 11) is 0. The molecule has 1 aliphatic carbocycles. The second kappa shape index (κ2) is 5.67. The number of hydrogen-bond donors (Lipinski definition) is 2. The number of aliphatic hydroxyl groups excluding tert-OH is 1. The van der Waals surface area contributed by atoms with Crippen molar-refractivity contribution in [2.24, 2.45) is 0 Å². The first kappa shape index (κ1) is 13.3. The topological polar surface area (TPSA) is 75.4 Å². The van der Waals surface area contributed by atoms with Crippen LogP contribution in [0.3, 0.4) is 0 Å². The molecule has 0 saturated heterocycles. The maximum Gasteiger partial charge on any atom is 0.271 e. The lowest BCUT2D eigenvalue weighted by Gasteiger charge is -2.27. The van der Waals surface area contributed by atoms with E-state index in [0.29, 0.717) is 0 Å². The average Bonchev–Trinajstić information content (AvgIpc) is 2.34. The minimum absolute atomic E-state index is 0.0801. The van der Waals surface area contributed by atoms with E-state index in [4.69, 9.17) is 0 Å². The van der Waals surface area contributed by atoms with E-state index in [1.807, 2.05) is 0 Å². The average molecular weight is 315 g/mol. The summed E-state index contributed by atoms with van der Waals surface area (Å²) in [6.45, 7) is 0. The van der Waals surface area contributed by atoms with Gasteiger partial charge in [0.1, 0.15) is 0 Å². The molecule has 1 aliphatic rings. The second-order valence-electron chi connectivity index (χ2n) is 4.57. The van der Waals surface area contributed by atoms with Crippen molar-refractivity contribution >= 4 is 27.3 Å². The summed E-state index contributed by atoms with van der Waals surface area (Å²) in [5, 5.41) is 23.5. The van der Waals surface area contributed by atoms with Crippen LogP contribution < -0.4 is 5.32 Å². The molecule has 1 fully saturated rings. The van der Waals surface area contributed by atoms with Gasteiger partial charge >= 0.3 is 0 Å². The molecule has 0 unspecified atom stereocenters. The Morgan fingerprint density at radius 1 is 1.33 bits per heavy atom. The summed E-state index contributed by atoms with van der Waals surface area (Å²) in [6, 6.07) is 4.96. The standard InChI is InChI=1S/C12H15BrN2O3/c13-11-6-3-9(15(17)18)7-12(11)14-8-1-4-10(16)5-2-8/h3,6-8,10,14,16H,1-2,4-5H2. The number of nitrogens with one attached hydrogen (secondary N) is 1. The summed E-state index contributed by atoms with van der Waals surface area (Å²) in [4.78, 5) is 10.3. The SMILES string of the molecule is O=[N+]([O-])c1ccc(Br)c(NC2CCC(O)CC2)c1. The van der Waals surface area contributed by atoms with Crippen molar-refractivity contribution in [1.29, 1.82) is 0 Å². The summed E-state index contributed by atoms with van der Waals surface area (Å²) in [6.07, 6.45) is 3.14. The van der Waals surface area contributed by atoms with E-state index in [0.717, 1.165) is 35.8 Å². The largest absolute Gasteiger partial charge is 0.393 e. The number of nitro groups is 1. The van der Waals surface area contributed by atoms with Crippen molar-refractivity contribution in [2.45, 2.75) is 37.8 Å². The van der Waals surface area contributed by atoms with Gasteiger partial charge in [-0.2, -0.15) is 0 Å². The molecule has 0 bridgehead atoms. The zero-order valence-corrected chi connectivity index (χ0v) is 11.4. The van der Waals surface area contributed by atoms with Gasteiger partial charge in [-0.25, -0.2) is 0 Å². The number of hydrogen-bond acceptors (Lipinski definition) is 4. The molecule has 0 spiro atoms. The minimum atomic E-state index is -0.401. The Labute approximate surface area is 113 Å². The predicted molar refractivity (Wildman–Crippen MR) is 72.7 cm³/mol. The highest BCUT2D eigenvalue weighted by molar-refractivity contribution is 9.10. The van der Waals surface area contributed by atoms with Crippen LogP contribution in [0.4, 0.5) is 11.4 Å². The first-order valence-electron chi connectivity index (χ1n) is 5.95. The zero-order valence-electron chi connectivity index (χ0n) is 9.80. The molecule has 98 valence electrons. The van der Waals surface area contributed by atoms with Crippen molar-refractivity contribution in [3.05, 3.63) is 32.8 Å². The van der Waals surface area contributed by atoms with Gasteiger partial charge in [-0.3, -0.25) is 10.1 Å². The third-order valence-corrected chi connectivity index (χ3v) is 3.91. The van der Waals surface area contributed by atoms with E-state index in [2.05, 4.69) is 21.2 Å². The number of nitrogens with zero attached hydrogens (tertiary/aromatic N) is 1. The van der Waals surface area contributed by atoms with Crippen LogP contribution in [0.25, 0.3) is 0 Å². The lowest BCUT2D eigenvalue weighted by molar-refractivity contribution is -0.384. The molecule has 0 aromatic heterocycles. The molecule has 0 radical (unpaired) electrons. The van der Waals surface area contributed by atoms with E-state index >= 15 is 0 Å². The highest BCUT2D eigenvalue weighted by Crippen LogP contribution is 2.30. The summed E-state index contributed by atoms with van der Waals surface area (Å²) in [5.41, 5.74) is 0.821. The van der Waals surface area contributed by atoms with Crippen LogP contribution in [0, 0.1) is 10.1 Å². The highest BCUT2D eigenvalue weighted by Gasteiger charge is 2.20. The Morgan fingerprint density at radius 3 is 2.61 bits per heavy atom. The van der Waals surface area contributed by atoms with Crippen molar-refractivity contribution < 1.29 is 10.0 Å². The summed E-state index contributed by atoms with van der Waals surface area (Å²) < 4.78 is 0.819. The number of anilines is 1. The molecule has 0 aliphatic heterocycles. The van der Waals surface area contributed by atoms with E-state index in [1.165, 1.54) is 12.1 Å². The first-order valence-corrected chi connectivity index (χ1v) is 6.74. The van der Waals surface area contributed by atoms with Crippen molar-refractivity contribution in [1.82, 2.24) is 0 Å². The van der Waals surface area contributed by atoms with Crippen LogP contribution in [0.5, 0.6) is 0 Å². The van der Waals surface area contributed by atoms with Gasteiger partial charge in [0.2, 0.25) is 0 Å². The first-order chi connectivity index (χ1) is 8.56. The maximum absolute atomic E-state index is 10.7. The summed E-state index contributed by atoms with van der Waals surface area (Å²) in [5.74, 6) is 0. The van der Waals surface area contributed by atoms with Crippen LogP contribution in [0.2, 0.25) is 0 Å². The van der Waals surface area contributed by atoms with E-state index < -0.39 is 4.92 Å². The van der Waals surface area contributed by atoms with Gasteiger partial charge in [-0.15, -0.1) is 0 Å². The van der Waals surface area contributed by atoms with Crippen LogP contribution >= 0.6 is 15.9 Å². The van der Waals surface area contributed by atoms with Crippen molar-refractivity contribution in [3.63, 3.8) is 0 Å². The molecule has 6 heteroatoms. The Kier molecular flexibility index (Phi) is 4.19. The predicted octanol–water partition coefficient (Wildman–Crippen LogP) is 3.07. The number of nitro benzene ring substituents is 1. The zero-order chi connectivity index (χ0) is 13.1. The fraction of sp³-hybridized carbons (Fsp3) is 0.500. The molecule has 1 aromatic rings. The fourth-order valence-corrected chi connectivity index (χ4v) is 2.54. The number of halogens is 1. The Balaban J connectivity index is 2.08. The van der Waals surface area contributed by atoms with Crippen molar-refractivity contribution in [3.8, 4) is 0 Å². The van der Waals surface area contributed by atoms with Gasteiger partial charge in [-0.1, -0.05) is 0 Å². The van der Waals surface area contributed by atoms with Crippen LogP contribution in [0.15, 0.2) is 22.7 Å². The Bertz CT molecular complexity index is 445. The van der Waals surface area contributed by atoms with Gasteiger partial charge < -0.3 is 10.4 Å². The number of rotatable bonds is 3. The van der Waals surface area contributed by atoms with E-state index in [9.17, 15) is 15.2 Å². The second-order valence-corrected chi connectivity index (χ2v) is 5.43. The summed E-state index contributed by atoms with van der Waals surface area (Å²) >= 11 is 3.38. The molecule has 5 nitrogen and oxygen atoms in total. The highest BCUT2D eigenvalue weighted by atomic mass is 79.9. The molecular weight excluding hydrogens is 300 g/mol. The van der Waals surface area contributed by atoms with Gasteiger partial charge in [0.15, 0.2) is 0 Å². The van der Waals surface area contributed by atoms with Crippen LogP contribution in [0.1, 0.15) is 25.7 Å². The number of aliphatic hydroxyl groups is 1.